The molecule has 0 spiro atoms. The van der Waals surface area contributed by atoms with Gasteiger partial charge in [-0.3, -0.25) is 9.13 Å². The summed E-state index contributed by atoms with van der Waals surface area (Å²) in [6.45, 7) is 3.04. The second kappa shape index (κ2) is 4.03. The smallest absolute Gasteiger partial charge is 0.342 e. The van der Waals surface area contributed by atoms with E-state index in [2.05, 4.69) is 12.3 Å². The van der Waals surface area contributed by atoms with Gasteiger partial charge in [-0.05, 0) is 6.08 Å². The highest BCUT2D eigenvalue weighted by Gasteiger charge is 2.30. The summed E-state index contributed by atoms with van der Waals surface area (Å²) in [5.74, 6) is 0. The first-order valence-electron chi connectivity index (χ1n) is 2.53. The van der Waals surface area contributed by atoms with Gasteiger partial charge < -0.3 is 14.7 Å². The van der Waals surface area contributed by atoms with Crippen LogP contribution < -0.4 is 0 Å². The highest BCUT2D eigenvalue weighted by atomic mass is 31.2. The Morgan fingerprint density at radius 3 is 2.18 bits per heavy atom. The summed E-state index contributed by atoms with van der Waals surface area (Å²) in [5.41, 5.74) is 2.05. The first-order chi connectivity index (χ1) is 4.89. The Bertz CT molecular complexity index is 245. The Balaban J connectivity index is 4.77. The molecule has 0 aliphatic rings. The average Bonchev–Trinajstić information content (AvgIpc) is 1.79. The molecule has 0 radical (unpaired) electrons. The summed E-state index contributed by atoms with van der Waals surface area (Å²) in [6, 6.07) is 0. The van der Waals surface area contributed by atoms with Gasteiger partial charge in [0.25, 0.3) is 0 Å². The van der Waals surface area contributed by atoms with Crippen LogP contribution in [0.2, 0.25) is 0 Å². The normalized spacial score (nSPS) is 16.6. The van der Waals surface area contributed by atoms with Crippen molar-refractivity contribution in [3.63, 3.8) is 0 Å². The molecule has 11 heavy (non-hydrogen) atoms. The predicted molar refractivity (Wildman–Crippen MR) is 40.8 cm³/mol. The molecule has 2 atom stereocenters. The van der Waals surface area contributed by atoms with Crippen molar-refractivity contribution in [2.24, 2.45) is 0 Å². The zero-order valence-corrected chi connectivity index (χ0v) is 7.36. The average molecular weight is 198 g/mol. The first kappa shape index (κ1) is 10.9. The third kappa shape index (κ3) is 3.68. The Morgan fingerprint density at radius 2 is 2.09 bits per heavy atom. The van der Waals surface area contributed by atoms with E-state index in [1.165, 1.54) is 0 Å². The van der Waals surface area contributed by atoms with Crippen molar-refractivity contribution in [2.45, 2.75) is 5.40 Å². The molecule has 7 heteroatoms. The van der Waals surface area contributed by atoms with Crippen LogP contribution in [0.15, 0.2) is 18.4 Å². The fourth-order valence-electron chi connectivity index (χ4n) is 0.424. The predicted octanol–water partition coefficient (Wildman–Crippen LogP) is 0.298. The van der Waals surface area contributed by atoms with E-state index in [0.29, 0.717) is 0 Å². The molecule has 0 aliphatic heterocycles. The van der Waals surface area contributed by atoms with E-state index in [9.17, 15) is 9.13 Å². The van der Waals surface area contributed by atoms with Gasteiger partial charge in [-0.1, -0.05) is 6.58 Å². The van der Waals surface area contributed by atoms with Crippen molar-refractivity contribution in [2.75, 3.05) is 0 Å². The van der Waals surface area contributed by atoms with E-state index in [-0.39, 0.29) is 0 Å². The quantitative estimate of drug-likeness (QED) is 0.447. The van der Waals surface area contributed by atoms with Crippen molar-refractivity contribution in [1.82, 2.24) is 0 Å². The van der Waals surface area contributed by atoms with Crippen LogP contribution in [-0.4, -0.2) is 20.1 Å². The highest BCUT2D eigenvalue weighted by Crippen LogP contribution is 2.52. The topological polar surface area (TPSA) is 94.8 Å². The molecule has 0 fully saturated rings. The second-order valence-corrected chi connectivity index (χ2v) is 5.26. The van der Waals surface area contributed by atoms with Crippen LogP contribution in [0.3, 0.4) is 0 Å². The van der Waals surface area contributed by atoms with E-state index in [4.69, 9.17) is 14.7 Å². The first-order valence-corrected chi connectivity index (χ1v) is 5.65. The summed E-state index contributed by atoms with van der Waals surface area (Å²) in [4.78, 5) is 25.3. The molecular weight excluding hydrogens is 190 g/mol. The summed E-state index contributed by atoms with van der Waals surface area (Å²) in [6.07, 6.45) is 0.808. The van der Waals surface area contributed by atoms with E-state index < -0.39 is 21.0 Å². The molecule has 3 N–H and O–H groups in total. The van der Waals surface area contributed by atoms with E-state index in [1.807, 2.05) is 0 Å². The van der Waals surface area contributed by atoms with Crippen LogP contribution in [-0.2, 0) is 9.13 Å². The van der Waals surface area contributed by atoms with Gasteiger partial charge in [-0.2, -0.15) is 0 Å². The number of allylic oxidation sites excluding steroid dienone is 1. The zero-order chi connectivity index (χ0) is 9.07. The molecule has 0 aliphatic carbocycles. The molecule has 0 saturated heterocycles. The lowest BCUT2D eigenvalue weighted by atomic mass is 10.7. The molecule has 0 bridgehead atoms. The van der Waals surface area contributed by atoms with Crippen LogP contribution in [0, 0.1) is 0 Å². The van der Waals surface area contributed by atoms with Gasteiger partial charge in [0.05, 0.1) is 0 Å². The van der Waals surface area contributed by atoms with Crippen molar-refractivity contribution >= 4 is 15.6 Å². The zero-order valence-electron chi connectivity index (χ0n) is 5.47. The molecule has 64 valence electrons. The fraction of sp³-hybridized carbons (Fsp3) is 0.250. The van der Waals surface area contributed by atoms with Gasteiger partial charge in [0.2, 0.25) is 8.03 Å². The standard InChI is InChI=1S/C4H8O5P2/c1-2-3-4(10(5)6)11(7,8)9/h3-4,10H,1H2,(H,5,6)(H2,7,8,9). The number of rotatable bonds is 3. The number of hydrogen-bond donors (Lipinski definition) is 3. The number of hydrogen-bond acceptors (Lipinski definition) is 2. The molecule has 0 aromatic carbocycles. The lowest BCUT2D eigenvalue weighted by Crippen LogP contribution is -1.97. The molecule has 0 heterocycles. The van der Waals surface area contributed by atoms with Crippen molar-refractivity contribution in [1.29, 1.82) is 0 Å². The largest absolute Gasteiger partial charge is 0.345 e. The van der Waals surface area contributed by atoms with E-state index in [1.54, 1.807) is 0 Å². The lowest BCUT2D eigenvalue weighted by molar-refractivity contribution is 0.370. The van der Waals surface area contributed by atoms with Gasteiger partial charge in [-0.25, -0.2) is 0 Å². The Hall–Kier alpha value is -0.140. The molecule has 5 nitrogen and oxygen atoms in total. The minimum Gasteiger partial charge on any atom is -0.345 e. The summed E-state index contributed by atoms with van der Waals surface area (Å²) < 4.78 is 20.8. The van der Waals surface area contributed by atoms with Gasteiger partial charge in [0.1, 0.15) is 0 Å². The minimum absolute atomic E-state index is 0.808. The van der Waals surface area contributed by atoms with E-state index in [0.717, 1.165) is 6.08 Å². The fourth-order valence-corrected chi connectivity index (χ4v) is 2.13. The summed E-state index contributed by atoms with van der Waals surface area (Å²) in [5, 5.41) is -1.65. The molecule has 0 aromatic heterocycles. The molecule has 0 aromatic rings. The maximum atomic E-state index is 10.4. The van der Waals surface area contributed by atoms with Gasteiger partial charge in [0, 0.05) is 0 Å². The maximum absolute atomic E-state index is 10.4. The minimum atomic E-state index is -4.52. The van der Waals surface area contributed by atoms with Crippen LogP contribution in [0.4, 0.5) is 0 Å². The summed E-state index contributed by atoms with van der Waals surface area (Å²) >= 11 is 0. The van der Waals surface area contributed by atoms with Crippen LogP contribution in [0.5, 0.6) is 0 Å². The molecule has 0 amide bonds. The molecule has 2 unspecified atom stereocenters. The van der Waals surface area contributed by atoms with Crippen molar-refractivity contribution in [3.05, 3.63) is 18.4 Å². The highest BCUT2D eigenvalue weighted by molar-refractivity contribution is 7.65. The van der Waals surface area contributed by atoms with Gasteiger partial charge in [-0.15, -0.1) is 5.73 Å². The van der Waals surface area contributed by atoms with Gasteiger partial charge >= 0.3 is 7.60 Å². The SMILES string of the molecule is C=C=CC([PH](=O)O)P(=O)(O)O. The lowest BCUT2D eigenvalue weighted by Gasteiger charge is -2.08. The molecule has 0 saturated carbocycles. The van der Waals surface area contributed by atoms with E-state index >= 15 is 0 Å². The second-order valence-electron chi connectivity index (χ2n) is 1.74. The molecular formula is C4H8O5P2. The Kier molecular flexibility index (Phi) is 3.98. The molecule has 0 rings (SSSR count). The third-order valence-corrected chi connectivity index (χ3v) is 4.11. The van der Waals surface area contributed by atoms with Crippen molar-refractivity contribution in [3.8, 4) is 0 Å². The monoisotopic (exact) mass is 198 g/mol. The van der Waals surface area contributed by atoms with Crippen LogP contribution in [0.25, 0.3) is 0 Å². The van der Waals surface area contributed by atoms with Gasteiger partial charge in [0.15, 0.2) is 5.40 Å². The Morgan fingerprint density at radius 1 is 1.64 bits per heavy atom. The summed E-state index contributed by atoms with van der Waals surface area (Å²) in [7, 11) is -7.79. The Labute approximate surface area is 64.1 Å². The van der Waals surface area contributed by atoms with Crippen molar-refractivity contribution < 1.29 is 23.8 Å². The maximum Gasteiger partial charge on any atom is 0.342 e. The van der Waals surface area contributed by atoms with Crippen LogP contribution in [0.1, 0.15) is 0 Å². The van der Waals surface area contributed by atoms with Crippen LogP contribution >= 0.6 is 15.6 Å². The third-order valence-electron chi connectivity index (χ3n) is 0.891.